The molecule has 3 fully saturated rings. The molecule has 9 heteroatoms. The van der Waals surface area contributed by atoms with Gasteiger partial charge in [0.05, 0.1) is 23.3 Å². The fourth-order valence-electron chi connectivity index (χ4n) is 5.12. The van der Waals surface area contributed by atoms with Crippen LogP contribution in [0.1, 0.15) is 58.4 Å². The van der Waals surface area contributed by atoms with Crippen LogP contribution in [-0.2, 0) is 20.9 Å². The number of nitrogens with zero attached hydrogens (tertiary/aromatic N) is 1. The zero-order valence-electron chi connectivity index (χ0n) is 17.2. The highest BCUT2D eigenvalue weighted by Crippen LogP contribution is 2.30. The number of fused-ring (bicyclic) bond motifs is 2. The summed E-state index contributed by atoms with van der Waals surface area (Å²) in [7, 11) is 0. The molecule has 2 saturated heterocycles. The molecule has 5 rings (SSSR count). The number of hydrogen-bond acceptors (Lipinski definition) is 7. The summed E-state index contributed by atoms with van der Waals surface area (Å²) in [6, 6.07) is 4.69. The SMILES string of the molecule is O=C1CCC(N2C(=O)c3cccc(CNC[C@@H]4CN[C@H]5CCC[C@@H]5O4)c3C2=O)C(=O)N1. The summed E-state index contributed by atoms with van der Waals surface area (Å²) in [4.78, 5) is 50.7. The lowest BCUT2D eigenvalue weighted by atomic mass is 10.0. The molecule has 1 unspecified atom stereocenters. The zero-order chi connectivity index (χ0) is 21.5. The number of morpholine rings is 1. The molecule has 0 bridgehead atoms. The number of hydrogen-bond donors (Lipinski definition) is 3. The molecule has 0 spiro atoms. The van der Waals surface area contributed by atoms with Crippen LogP contribution in [-0.4, -0.2) is 65.9 Å². The van der Waals surface area contributed by atoms with Crippen molar-refractivity contribution in [3.05, 3.63) is 34.9 Å². The van der Waals surface area contributed by atoms with E-state index in [9.17, 15) is 19.2 Å². The Morgan fingerprint density at radius 3 is 2.81 bits per heavy atom. The summed E-state index contributed by atoms with van der Waals surface area (Å²) in [6.07, 6.45) is 4.05. The molecule has 3 heterocycles. The molecule has 4 aliphatic rings. The van der Waals surface area contributed by atoms with Crippen LogP contribution in [0.25, 0.3) is 0 Å². The molecule has 1 aromatic carbocycles. The number of benzene rings is 1. The first kappa shape index (κ1) is 20.3. The van der Waals surface area contributed by atoms with Gasteiger partial charge >= 0.3 is 0 Å². The van der Waals surface area contributed by atoms with Crippen LogP contribution in [0.15, 0.2) is 18.2 Å². The predicted molar refractivity (Wildman–Crippen MR) is 109 cm³/mol. The lowest BCUT2D eigenvalue weighted by molar-refractivity contribution is -0.136. The van der Waals surface area contributed by atoms with Gasteiger partial charge in [-0.3, -0.25) is 29.4 Å². The third-order valence-corrected chi connectivity index (χ3v) is 6.67. The van der Waals surface area contributed by atoms with Crippen molar-refractivity contribution in [3.8, 4) is 0 Å². The second-order valence-corrected chi connectivity index (χ2v) is 8.66. The van der Waals surface area contributed by atoms with Gasteiger partial charge in [-0.25, -0.2) is 0 Å². The van der Waals surface area contributed by atoms with E-state index in [2.05, 4.69) is 16.0 Å². The Kier molecular flexibility index (Phi) is 5.33. The first-order chi connectivity index (χ1) is 15.0. The quantitative estimate of drug-likeness (QED) is 0.571. The lowest BCUT2D eigenvalue weighted by Crippen LogP contribution is -2.54. The van der Waals surface area contributed by atoms with Crippen LogP contribution in [0, 0.1) is 0 Å². The number of carbonyl (C=O) groups is 4. The van der Waals surface area contributed by atoms with Gasteiger partial charge in [0.25, 0.3) is 11.8 Å². The zero-order valence-corrected chi connectivity index (χ0v) is 17.2. The van der Waals surface area contributed by atoms with E-state index in [1.807, 2.05) is 6.07 Å². The van der Waals surface area contributed by atoms with Crippen LogP contribution in [0.3, 0.4) is 0 Å². The van der Waals surface area contributed by atoms with E-state index in [0.717, 1.165) is 17.9 Å². The molecule has 1 aromatic rings. The molecule has 4 amide bonds. The first-order valence-electron chi connectivity index (χ1n) is 11.0. The average molecular weight is 426 g/mol. The Morgan fingerprint density at radius 1 is 1.10 bits per heavy atom. The van der Waals surface area contributed by atoms with Gasteiger partial charge in [0.1, 0.15) is 6.04 Å². The minimum Gasteiger partial charge on any atom is -0.371 e. The Hall–Kier alpha value is -2.62. The maximum absolute atomic E-state index is 13.1. The Morgan fingerprint density at radius 2 is 1.97 bits per heavy atom. The molecule has 3 aliphatic heterocycles. The van der Waals surface area contributed by atoms with E-state index < -0.39 is 23.8 Å². The third kappa shape index (κ3) is 3.66. The summed E-state index contributed by atoms with van der Waals surface area (Å²) >= 11 is 0. The standard InChI is InChI=1S/C22H26N4O5/c27-18-8-7-16(20(28)25-18)26-21(29)14-4-1-3-12(19(14)22(26)30)9-23-10-13-11-24-15-5-2-6-17(15)31-13/h1,3-4,13,15-17,23-24H,2,5-11H2,(H,25,27,28)/t13-,15+,16?,17+/m1/s1. The van der Waals surface area contributed by atoms with Gasteiger partial charge in [-0.05, 0) is 37.3 Å². The number of rotatable bonds is 5. The topological polar surface area (TPSA) is 117 Å². The van der Waals surface area contributed by atoms with Crippen molar-refractivity contribution in [2.75, 3.05) is 13.1 Å². The maximum Gasteiger partial charge on any atom is 0.262 e. The van der Waals surface area contributed by atoms with Crippen LogP contribution in [0.5, 0.6) is 0 Å². The fraction of sp³-hybridized carbons (Fsp3) is 0.545. The van der Waals surface area contributed by atoms with Crippen molar-refractivity contribution in [3.63, 3.8) is 0 Å². The molecule has 164 valence electrons. The van der Waals surface area contributed by atoms with E-state index in [4.69, 9.17) is 4.74 Å². The highest BCUT2D eigenvalue weighted by molar-refractivity contribution is 6.24. The summed E-state index contributed by atoms with van der Waals surface area (Å²) in [5.41, 5.74) is 1.36. The highest BCUT2D eigenvalue weighted by atomic mass is 16.5. The minimum atomic E-state index is -0.952. The number of amides is 4. The maximum atomic E-state index is 13.1. The molecule has 1 saturated carbocycles. The van der Waals surface area contributed by atoms with Gasteiger partial charge in [0.2, 0.25) is 11.8 Å². The van der Waals surface area contributed by atoms with Gasteiger partial charge in [-0.1, -0.05) is 12.1 Å². The molecule has 3 N–H and O–H groups in total. The summed E-state index contributed by atoms with van der Waals surface area (Å²) in [6.45, 7) is 1.85. The Balaban J connectivity index is 1.26. The molecule has 9 nitrogen and oxygen atoms in total. The summed E-state index contributed by atoms with van der Waals surface area (Å²) in [5, 5.41) is 9.12. The molecule has 1 aliphatic carbocycles. The van der Waals surface area contributed by atoms with Crippen LogP contribution < -0.4 is 16.0 Å². The number of imide groups is 2. The number of carbonyl (C=O) groups excluding carboxylic acids is 4. The molecule has 0 aromatic heterocycles. The van der Waals surface area contributed by atoms with E-state index in [-0.39, 0.29) is 31.0 Å². The first-order valence-corrected chi connectivity index (χ1v) is 11.0. The van der Waals surface area contributed by atoms with Gasteiger partial charge in [0.15, 0.2) is 0 Å². The normalized spacial score (nSPS) is 30.4. The van der Waals surface area contributed by atoms with E-state index in [0.29, 0.717) is 35.8 Å². The van der Waals surface area contributed by atoms with Gasteiger partial charge in [-0.15, -0.1) is 0 Å². The van der Waals surface area contributed by atoms with Crippen LogP contribution in [0.2, 0.25) is 0 Å². The third-order valence-electron chi connectivity index (χ3n) is 6.67. The summed E-state index contributed by atoms with van der Waals surface area (Å²) in [5.74, 6) is -1.94. The highest BCUT2D eigenvalue weighted by Gasteiger charge is 2.45. The minimum absolute atomic E-state index is 0.0633. The molecule has 4 atom stereocenters. The van der Waals surface area contributed by atoms with Gasteiger partial charge in [-0.2, -0.15) is 0 Å². The summed E-state index contributed by atoms with van der Waals surface area (Å²) < 4.78 is 6.17. The van der Waals surface area contributed by atoms with Crippen molar-refractivity contribution in [1.29, 1.82) is 0 Å². The number of ether oxygens (including phenoxy) is 1. The Labute approximate surface area is 179 Å². The van der Waals surface area contributed by atoms with E-state index in [1.165, 1.54) is 12.8 Å². The predicted octanol–water partition coefficient (Wildman–Crippen LogP) is 0.0869. The van der Waals surface area contributed by atoms with Gasteiger partial charge < -0.3 is 15.4 Å². The molecular formula is C22H26N4O5. The monoisotopic (exact) mass is 426 g/mol. The molecule has 31 heavy (non-hydrogen) atoms. The smallest absolute Gasteiger partial charge is 0.262 e. The fourth-order valence-corrected chi connectivity index (χ4v) is 5.12. The van der Waals surface area contributed by atoms with Gasteiger partial charge in [0, 0.05) is 32.1 Å². The number of piperidine rings is 1. The van der Waals surface area contributed by atoms with Crippen molar-refractivity contribution in [2.24, 2.45) is 0 Å². The second kappa shape index (κ2) is 8.14. The molecule has 0 radical (unpaired) electrons. The van der Waals surface area contributed by atoms with Crippen molar-refractivity contribution >= 4 is 23.6 Å². The van der Waals surface area contributed by atoms with Crippen molar-refractivity contribution < 1.29 is 23.9 Å². The van der Waals surface area contributed by atoms with Crippen molar-refractivity contribution in [1.82, 2.24) is 20.9 Å². The molecular weight excluding hydrogens is 400 g/mol. The lowest BCUT2D eigenvalue weighted by Gasteiger charge is -2.33. The van der Waals surface area contributed by atoms with Crippen LogP contribution in [0.4, 0.5) is 0 Å². The van der Waals surface area contributed by atoms with E-state index >= 15 is 0 Å². The van der Waals surface area contributed by atoms with Crippen LogP contribution >= 0.6 is 0 Å². The number of nitrogens with one attached hydrogen (secondary N) is 3. The second-order valence-electron chi connectivity index (χ2n) is 8.66. The largest absolute Gasteiger partial charge is 0.371 e. The average Bonchev–Trinajstić information content (AvgIpc) is 3.32. The Bertz CT molecular complexity index is 948. The van der Waals surface area contributed by atoms with Crippen molar-refractivity contribution in [2.45, 2.75) is 62.9 Å². The van der Waals surface area contributed by atoms with E-state index in [1.54, 1.807) is 12.1 Å².